The van der Waals surface area contributed by atoms with Crippen molar-refractivity contribution in [2.24, 2.45) is 5.92 Å². The van der Waals surface area contributed by atoms with E-state index >= 15 is 0 Å². The van der Waals surface area contributed by atoms with Gasteiger partial charge in [-0.2, -0.15) is 0 Å². The number of anilines is 2. The van der Waals surface area contributed by atoms with E-state index in [0.29, 0.717) is 18.7 Å². The molecule has 0 unspecified atom stereocenters. The minimum Gasteiger partial charge on any atom is -0.399 e. The zero-order valence-electron chi connectivity index (χ0n) is 11.2. The van der Waals surface area contributed by atoms with E-state index in [1.807, 2.05) is 7.05 Å². The molecule has 1 aliphatic carbocycles. The van der Waals surface area contributed by atoms with Gasteiger partial charge in [0.05, 0.1) is 5.69 Å². The molecule has 5 heteroatoms. The van der Waals surface area contributed by atoms with Crippen LogP contribution in [0.15, 0.2) is 18.2 Å². The Morgan fingerprint density at radius 2 is 2.26 bits per heavy atom. The molecule has 0 bridgehead atoms. The summed E-state index contributed by atoms with van der Waals surface area (Å²) in [6.07, 6.45) is 2.95. The summed E-state index contributed by atoms with van der Waals surface area (Å²) in [5.74, 6) is 0.153. The highest BCUT2D eigenvalue weighted by atomic mass is 19.1. The summed E-state index contributed by atoms with van der Waals surface area (Å²) >= 11 is 0. The van der Waals surface area contributed by atoms with Gasteiger partial charge in [-0.1, -0.05) is 0 Å². The molecule has 2 rings (SSSR count). The fourth-order valence-corrected chi connectivity index (χ4v) is 1.98. The quantitative estimate of drug-likeness (QED) is 0.774. The Kier molecular flexibility index (Phi) is 4.37. The van der Waals surface area contributed by atoms with Crippen molar-refractivity contribution in [1.29, 1.82) is 0 Å². The lowest BCUT2D eigenvalue weighted by atomic mass is 10.2. The second-order valence-electron chi connectivity index (χ2n) is 5.24. The number of carbonyl (C=O) groups is 1. The fraction of sp³-hybridized carbons (Fsp3) is 0.500. The lowest BCUT2D eigenvalue weighted by Gasteiger charge is -2.15. The van der Waals surface area contributed by atoms with Crippen molar-refractivity contribution in [3.63, 3.8) is 0 Å². The van der Waals surface area contributed by atoms with Gasteiger partial charge in [0.2, 0.25) is 5.91 Å². The summed E-state index contributed by atoms with van der Waals surface area (Å²) in [6.45, 7) is 1.73. The highest BCUT2D eigenvalue weighted by Gasteiger charge is 2.22. The molecule has 0 spiro atoms. The first-order valence-electron chi connectivity index (χ1n) is 6.58. The minimum atomic E-state index is -0.464. The Morgan fingerprint density at radius 1 is 1.53 bits per heavy atom. The molecule has 0 saturated heterocycles. The molecule has 1 aromatic rings. The molecule has 3 N–H and O–H groups in total. The number of nitrogens with zero attached hydrogens (tertiary/aromatic N) is 1. The number of rotatable bonds is 6. The van der Waals surface area contributed by atoms with Gasteiger partial charge in [0.15, 0.2) is 0 Å². The van der Waals surface area contributed by atoms with Crippen molar-refractivity contribution in [3.8, 4) is 0 Å². The standard InChI is InChI=1S/C14H20FN3O/c1-18(9-10-2-3-10)7-6-14(19)17-13-8-11(16)4-5-12(13)15/h4-5,8,10H,2-3,6-7,9,16H2,1H3,(H,17,19). The normalized spacial score (nSPS) is 14.7. The highest BCUT2D eigenvalue weighted by molar-refractivity contribution is 5.91. The second-order valence-corrected chi connectivity index (χ2v) is 5.24. The van der Waals surface area contributed by atoms with Crippen LogP contribution in [0.2, 0.25) is 0 Å². The maximum Gasteiger partial charge on any atom is 0.225 e. The topological polar surface area (TPSA) is 58.4 Å². The number of halogens is 1. The Balaban J connectivity index is 1.78. The average molecular weight is 265 g/mol. The number of carbonyl (C=O) groups excluding carboxylic acids is 1. The SMILES string of the molecule is CN(CCC(=O)Nc1cc(N)ccc1F)CC1CC1. The first kappa shape index (κ1) is 13.8. The van der Waals surface area contributed by atoms with Crippen molar-refractivity contribution in [3.05, 3.63) is 24.0 Å². The molecule has 0 radical (unpaired) electrons. The van der Waals surface area contributed by atoms with E-state index in [9.17, 15) is 9.18 Å². The predicted octanol–water partition coefficient (Wildman–Crippen LogP) is 2.08. The van der Waals surface area contributed by atoms with Gasteiger partial charge in [-0.15, -0.1) is 0 Å². The third-order valence-corrected chi connectivity index (χ3v) is 3.25. The van der Waals surface area contributed by atoms with Crippen molar-refractivity contribution in [2.75, 3.05) is 31.2 Å². The first-order valence-corrected chi connectivity index (χ1v) is 6.58. The smallest absolute Gasteiger partial charge is 0.225 e. The molecule has 0 atom stereocenters. The third-order valence-electron chi connectivity index (χ3n) is 3.25. The number of hydrogen-bond donors (Lipinski definition) is 2. The molecule has 19 heavy (non-hydrogen) atoms. The molecule has 0 aromatic heterocycles. The predicted molar refractivity (Wildman–Crippen MR) is 74.3 cm³/mol. The first-order chi connectivity index (χ1) is 9.04. The van der Waals surface area contributed by atoms with Crippen LogP contribution in [0.1, 0.15) is 19.3 Å². The number of hydrogen-bond acceptors (Lipinski definition) is 3. The van der Waals surface area contributed by atoms with E-state index in [-0.39, 0.29) is 11.6 Å². The highest BCUT2D eigenvalue weighted by Crippen LogP contribution is 2.29. The largest absolute Gasteiger partial charge is 0.399 e. The van der Waals surface area contributed by atoms with Gasteiger partial charge in [-0.3, -0.25) is 4.79 Å². The molecule has 1 aromatic carbocycles. The van der Waals surface area contributed by atoms with Gasteiger partial charge in [0.25, 0.3) is 0 Å². The van der Waals surface area contributed by atoms with Crippen molar-refractivity contribution >= 4 is 17.3 Å². The van der Waals surface area contributed by atoms with E-state index in [1.165, 1.54) is 31.0 Å². The average Bonchev–Trinajstić information content (AvgIpc) is 3.15. The number of amides is 1. The number of nitrogens with one attached hydrogen (secondary N) is 1. The van der Waals surface area contributed by atoms with Crippen LogP contribution < -0.4 is 11.1 Å². The fourth-order valence-electron chi connectivity index (χ4n) is 1.98. The number of nitrogen functional groups attached to an aromatic ring is 1. The van der Waals surface area contributed by atoms with Crippen LogP contribution in [0, 0.1) is 11.7 Å². The summed E-state index contributed by atoms with van der Waals surface area (Å²) < 4.78 is 13.4. The Bertz CT molecular complexity index is 460. The van der Waals surface area contributed by atoms with Gasteiger partial charge >= 0.3 is 0 Å². The van der Waals surface area contributed by atoms with Crippen LogP contribution in [0.4, 0.5) is 15.8 Å². The Hall–Kier alpha value is -1.62. The van der Waals surface area contributed by atoms with Crippen LogP contribution in [-0.4, -0.2) is 30.9 Å². The minimum absolute atomic E-state index is 0.148. The number of benzene rings is 1. The van der Waals surface area contributed by atoms with Crippen molar-refractivity contribution in [2.45, 2.75) is 19.3 Å². The molecular formula is C14H20FN3O. The summed E-state index contributed by atoms with van der Waals surface area (Å²) in [4.78, 5) is 13.9. The van der Waals surface area contributed by atoms with Crippen LogP contribution in [-0.2, 0) is 4.79 Å². The molecule has 1 amide bonds. The summed E-state index contributed by atoms with van der Waals surface area (Å²) in [7, 11) is 2.01. The lowest BCUT2D eigenvalue weighted by Crippen LogP contribution is -2.26. The van der Waals surface area contributed by atoms with Gasteiger partial charge in [0, 0.05) is 25.2 Å². The van der Waals surface area contributed by atoms with Crippen LogP contribution >= 0.6 is 0 Å². The molecule has 0 heterocycles. The van der Waals surface area contributed by atoms with Crippen LogP contribution in [0.5, 0.6) is 0 Å². The molecule has 0 aliphatic heterocycles. The van der Waals surface area contributed by atoms with E-state index in [1.54, 1.807) is 0 Å². The van der Waals surface area contributed by atoms with Gasteiger partial charge in [-0.05, 0) is 44.0 Å². The molecule has 1 aliphatic rings. The van der Waals surface area contributed by atoms with E-state index < -0.39 is 5.82 Å². The molecular weight excluding hydrogens is 245 g/mol. The molecule has 1 fully saturated rings. The third kappa shape index (κ3) is 4.52. The second kappa shape index (κ2) is 6.02. The van der Waals surface area contributed by atoms with E-state index in [4.69, 9.17) is 5.73 Å². The van der Waals surface area contributed by atoms with Gasteiger partial charge in [-0.25, -0.2) is 4.39 Å². The summed E-state index contributed by atoms with van der Waals surface area (Å²) in [5, 5.41) is 2.55. The van der Waals surface area contributed by atoms with Crippen LogP contribution in [0.25, 0.3) is 0 Å². The zero-order valence-corrected chi connectivity index (χ0v) is 11.2. The molecule has 104 valence electrons. The van der Waals surface area contributed by atoms with Crippen molar-refractivity contribution < 1.29 is 9.18 Å². The lowest BCUT2D eigenvalue weighted by molar-refractivity contribution is -0.116. The summed E-state index contributed by atoms with van der Waals surface area (Å²) in [6, 6.07) is 4.15. The van der Waals surface area contributed by atoms with E-state index in [2.05, 4.69) is 10.2 Å². The monoisotopic (exact) mass is 265 g/mol. The van der Waals surface area contributed by atoms with E-state index in [0.717, 1.165) is 12.5 Å². The van der Waals surface area contributed by atoms with Crippen molar-refractivity contribution in [1.82, 2.24) is 4.90 Å². The Labute approximate surface area is 112 Å². The molecule has 1 saturated carbocycles. The summed E-state index contributed by atoms with van der Waals surface area (Å²) in [5.41, 5.74) is 6.14. The zero-order chi connectivity index (χ0) is 13.8. The van der Waals surface area contributed by atoms with Gasteiger partial charge < -0.3 is 16.0 Å². The van der Waals surface area contributed by atoms with Crippen LogP contribution in [0.3, 0.4) is 0 Å². The molecule has 4 nitrogen and oxygen atoms in total. The Morgan fingerprint density at radius 3 is 2.95 bits per heavy atom. The maximum absolute atomic E-state index is 13.4. The van der Waals surface area contributed by atoms with Gasteiger partial charge in [0.1, 0.15) is 5.82 Å². The maximum atomic E-state index is 13.4. The number of nitrogens with two attached hydrogens (primary N) is 1.